The highest BCUT2D eigenvalue weighted by Gasteiger charge is 2.33. The molecule has 0 saturated carbocycles. The molecule has 6 heteroatoms. The number of benzene rings is 1. The van der Waals surface area contributed by atoms with Crippen molar-refractivity contribution in [3.63, 3.8) is 0 Å². The summed E-state index contributed by atoms with van der Waals surface area (Å²) < 4.78 is 15.9. The summed E-state index contributed by atoms with van der Waals surface area (Å²) in [5.74, 6) is -0.165. The number of aliphatic hydroxyl groups is 1. The molecule has 2 heterocycles. The van der Waals surface area contributed by atoms with Gasteiger partial charge in [-0.25, -0.2) is 4.39 Å². The molecule has 3 rings (SSSR count). The number of aliphatic hydroxyl groups excluding tert-OH is 1. The molecule has 1 fully saturated rings. The first-order valence-electron chi connectivity index (χ1n) is 8.37. The van der Waals surface area contributed by atoms with Crippen molar-refractivity contribution in [2.75, 3.05) is 19.7 Å². The van der Waals surface area contributed by atoms with Gasteiger partial charge in [0, 0.05) is 42.9 Å². The summed E-state index contributed by atoms with van der Waals surface area (Å²) in [6.07, 6.45) is 0. The minimum Gasteiger partial charge on any atom is -0.394 e. The molecule has 1 saturated heterocycles. The van der Waals surface area contributed by atoms with Gasteiger partial charge >= 0.3 is 0 Å². The third-order valence-electron chi connectivity index (χ3n) is 4.97. The van der Waals surface area contributed by atoms with Crippen molar-refractivity contribution in [3.8, 4) is 0 Å². The number of aryl methyl sites for hydroxylation is 1. The Balaban J connectivity index is 1.75. The van der Waals surface area contributed by atoms with Gasteiger partial charge in [0.05, 0.1) is 18.8 Å². The van der Waals surface area contributed by atoms with Gasteiger partial charge in [0.1, 0.15) is 5.82 Å². The Bertz CT molecular complexity index is 715. The fourth-order valence-corrected chi connectivity index (χ4v) is 3.65. The van der Waals surface area contributed by atoms with Crippen molar-refractivity contribution in [3.05, 3.63) is 52.6 Å². The van der Waals surface area contributed by atoms with Crippen LogP contribution in [0.15, 0.2) is 24.3 Å². The summed E-state index contributed by atoms with van der Waals surface area (Å²) in [5, 5.41) is 13.6. The van der Waals surface area contributed by atoms with Crippen LogP contribution in [0.2, 0.25) is 0 Å². The number of hydrogen-bond donors (Lipinski definition) is 2. The molecule has 3 N–H and O–H groups in total. The van der Waals surface area contributed by atoms with Crippen LogP contribution < -0.4 is 5.73 Å². The molecular formula is C18H25FN4O. The Morgan fingerprint density at radius 1 is 1.29 bits per heavy atom. The van der Waals surface area contributed by atoms with Crippen LogP contribution in [0, 0.1) is 19.7 Å². The fraction of sp³-hybridized carbons (Fsp3) is 0.500. The molecular weight excluding hydrogens is 307 g/mol. The Morgan fingerprint density at radius 3 is 2.75 bits per heavy atom. The van der Waals surface area contributed by atoms with Crippen molar-refractivity contribution >= 4 is 0 Å². The predicted octanol–water partition coefficient (Wildman–Crippen LogP) is 1.56. The number of nitrogens with two attached hydrogens (primary N) is 1. The van der Waals surface area contributed by atoms with Crippen LogP contribution in [0.1, 0.15) is 28.4 Å². The average molecular weight is 332 g/mol. The summed E-state index contributed by atoms with van der Waals surface area (Å²) in [5.41, 5.74) is 10.2. The van der Waals surface area contributed by atoms with E-state index in [4.69, 9.17) is 10.8 Å². The second-order valence-electron chi connectivity index (χ2n) is 6.58. The molecule has 0 radical (unpaired) electrons. The Hall–Kier alpha value is -1.76. The van der Waals surface area contributed by atoms with E-state index in [2.05, 4.69) is 10.00 Å². The highest BCUT2D eigenvalue weighted by molar-refractivity contribution is 5.27. The Kier molecular flexibility index (Phi) is 4.99. The maximum Gasteiger partial charge on any atom is 0.126 e. The topological polar surface area (TPSA) is 67.3 Å². The zero-order chi connectivity index (χ0) is 17.3. The molecule has 0 spiro atoms. The zero-order valence-electron chi connectivity index (χ0n) is 14.2. The molecule has 130 valence electrons. The summed E-state index contributed by atoms with van der Waals surface area (Å²) >= 11 is 0. The van der Waals surface area contributed by atoms with E-state index >= 15 is 0 Å². The maximum absolute atomic E-state index is 14.1. The molecule has 5 nitrogen and oxygen atoms in total. The van der Waals surface area contributed by atoms with E-state index in [1.807, 2.05) is 30.7 Å². The van der Waals surface area contributed by atoms with Crippen molar-refractivity contribution in [2.24, 2.45) is 5.73 Å². The number of aromatic nitrogens is 2. The van der Waals surface area contributed by atoms with Gasteiger partial charge in [-0.15, -0.1) is 0 Å². The van der Waals surface area contributed by atoms with Crippen molar-refractivity contribution < 1.29 is 9.50 Å². The monoisotopic (exact) mass is 332 g/mol. The Morgan fingerprint density at radius 2 is 2.04 bits per heavy atom. The minimum atomic E-state index is -0.178. The average Bonchev–Trinajstić information content (AvgIpc) is 3.03. The van der Waals surface area contributed by atoms with E-state index in [1.54, 1.807) is 6.07 Å². The second-order valence-corrected chi connectivity index (χ2v) is 6.58. The lowest BCUT2D eigenvalue weighted by atomic mass is 9.94. The molecule has 24 heavy (non-hydrogen) atoms. The second kappa shape index (κ2) is 7.01. The van der Waals surface area contributed by atoms with Crippen LogP contribution in [0.25, 0.3) is 0 Å². The molecule has 2 aromatic rings. The minimum absolute atomic E-state index is 0.0132. The summed E-state index contributed by atoms with van der Waals surface area (Å²) in [7, 11) is 0. The van der Waals surface area contributed by atoms with Gasteiger partial charge < -0.3 is 10.8 Å². The van der Waals surface area contributed by atoms with Gasteiger partial charge in [0.25, 0.3) is 0 Å². The lowest BCUT2D eigenvalue weighted by Gasteiger charge is -2.17. The highest BCUT2D eigenvalue weighted by atomic mass is 19.1. The van der Waals surface area contributed by atoms with Gasteiger partial charge in [-0.1, -0.05) is 18.2 Å². The quantitative estimate of drug-likeness (QED) is 0.872. The highest BCUT2D eigenvalue weighted by Crippen LogP contribution is 2.30. The molecule has 0 unspecified atom stereocenters. The number of rotatable bonds is 5. The molecule has 1 aromatic carbocycles. The van der Waals surface area contributed by atoms with Gasteiger partial charge in [0.2, 0.25) is 0 Å². The van der Waals surface area contributed by atoms with E-state index in [0.29, 0.717) is 12.1 Å². The van der Waals surface area contributed by atoms with Crippen LogP contribution >= 0.6 is 0 Å². The number of nitrogens with zero attached hydrogens (tertiary/aromatic N) is 3. The maximum atomic E-state index is 14.1. The van der Waals surface area contributed by atoms with Crippen molar-refractivity contribution in [2.45, 2.75) is 38.9 Å². The van der Waals surface area contributed by atoms with Crippen LogP contribution in [0.4, 0.5) is 4.39 Å². The van der Waals surface area contributed by atoms with Crippen molar-refractivity contribution in [1.82, 2.24) is 14.7 Å². The third-order valence-corrected chi connectivity index (χ3v) is 4.97. The van der Waals surface area contributed by atoms with Gasteiger partial charge in [-0.2, -0.15) is 5.10 Å². The fourth-order valence-electron chi connectivity index (χ4n) is 3.65. The molecule has 0 aliphatic carbocycles. The van der Waals surface area contributed by atoms with Crippen LogP contribution in [0.3, 0.4) is 0 Å². The molecule has 0 amide bonds. The largest absolute Gasteiger partial charge is 0.394 e. The van der Waals surface area contributed by atoms with Gasteiger partial charge in [0.15, 0.2) is 0 Å². The summed E-state index contributed by atoms with van der Waals surface area (Å²) in [6.45, 7) is 6.82. The molecule has 1 aliphatic heterocycles. The Labute approximate surface area is 141 Å². The van der Waals surface area contributed by atoms with E-state index in [0.717, 1.165) is 31.0 Å². The molecule has 1 aliphatic rings. The standard InChI is InChI=1S/C18H25FN4O/c1-12-15(13(2)23(21-12)7-8-24)9-22-10-16(18(20)11-22)14-5-3-4-6-17(14)19/h3-6,16,18,24H,7-11,20H2,1-2H3/t16-,18+/m0/s1. The first-order chi connectivity index (χ1) is 11.5. The van der Waals surface area contributed by atoms with Crippen LogP contribution in [0.5, 0.6) is 0 Å². The molecule has 0 bridgehead atoms. The first kappa shape index (κ1) is 17.1. The zero-order valence-corrected chi connectivity index (χ0v) is 14.2. The molecule has 1 aromatic heterocycles. The van der Waals surface area contributed by atoms with Gasteiger partial charge in [-0.3, -0.25) is 9.58 Å². The van der Waals surface area contributed by atoms with E-state index in [1.165, 1.54) is 11.6 Å². The van der Waals surface area contributed by atoms with E-state index in [9.17, 15) is 4.39 Å². The van der Waals surface area contributed by atoms with Crippen molar-refractivity contribution in [1.29, 1.82) is 0 Å². The SMILES string of the molecule is Cc1nn(CCO)c(C)c1CN1C[C@@H](N)[C@H](c2ccccc2F)C1. The predicted molar refractivity (Wildman–Crippen MR) is 91.2 cm³/mol. The number of hydrogen-bond acceptors (Lipinski definition) is 4. The number of likely N-dealkylation sites (tertiary alicyclic amines) is 1. The van der Waals surface area contributed by atoms with E-state index in [-0.39, 0.29) is 24.4 Å². The van der Waals surface area contributed by atoms with Crippen LogP contribution in [-0.2, 0) is 13.1 Å². The van der Waals surface area contributed by atoms with E-state index < -0.39 is 0 Å². The molecule has 2 atom stereocenters. The lowest BCUT2D eigenvalue weighted by molar-refractivity contribution is 0.267. The van der Waals surface area contributed by atoms with Gasteiger partial charge in [-0.05, 0) is 25.5 Å². The first-order valence-corrected chi connectivity index (χ1v) is 8.37. The normalized spacial score (nSPS) is 21.5. The summed E-state index contributed by atoms with van der Waals surface area (Å²) in [4.78, 5) is 2.27. The smallest absolute Gasteiger partial charge is 0.126 e. The number of halogens is 1. The summed E-state index contributed by atoms with van der Waals surface area (Å²) in [6, 6.07) is 6.83. The van der Waals surface area contributed by atoms with Crippen LogP contribution in [-0.4, -0.2) is 45.5 Å². The third kappa shape index (κ3) is 3.22. The lowest BCUT2D eigenvalue weighted by Crippen LogP contribution is -2.29.